The molecule has 30 heavy (non-hydrogen) atoms. The lowest BCUT2D eigenvalue weighted by Gasteiger charge is -2.16. The van der Waals surface area contributed by atoms with Crippen LogP contribution in [0.1, 0.15) is 17.5 Å². The summed E-state index contributed by atoms with van der Waals surface area (Å²) in [4.78, 5) is 15.0. The Bertz CT molecular complexity index is 875. The molecule has 0 radical (unpaired) electrons. The normalized spacial score (nSPS) is 16.1. The van der Waals surface area contributed by atoms with E-state index in [9.17, 15) is 10.1 Å². The lowest BCUT2D eigenvalue weighted by molar-refractivity contribution is -0.384. The molecular formula is C20H23Cl2IN4O3. The van der Waals surface area contributed by atoms with Crippen molar-refractivity contribution in [1.82, 2.24) is 10.6 Å². The maximum atomic E-state index is 10.8. The predicted octanol–water partition coefficient (Wildman–Crippen LogP) is 4.79. The molecule has 1 fully saturated rings. The Morgan fingerprint density at radius 1 is 1.20 bits per heavy atom. The fourth-order valence-corrected chi connectivity index (χ4v) is 3.37. The van der Waals surface area contributed by atoms with Gasteiger partial charge in [-0.3, -0.25) is 10.1 Å². The summed E-state index contributed by atoms with van der Waals surface area (Å²) < 4.78 is 5.42. The molecule has 1 aliphatic heterocycles. The number of nitrogens with one attached hydrogen (secondary N) is 2. The lowest BCUT2D eigenvalue weighted by Crippen LogP contribution is -2.39. The zero-order valence-corrected chi connectivity index (χ0v) is 20.0. The van der Waals surface area contributed by atoms with Crippen molar-refractivity contribution in [3.8, 4) is 0 Å². The van der Waals surface area contributed by atoms with Gasteiger partial charge in [0.1, 0.15) is 0 Å². The molecule has 2 aromatic rings. The van der Waals surface area contributed by atoms with E-state index in [1.807, 2.05) is 6.07 Å². The first-order valence-electron chi connectivity index (χ1n) is 9.28. The van der Waals surface area contributed by atoms with Crippen molar-refractivity contribution in [3.05, 3.63) is 73.8 Å². The third-order valence-electron chi connectivity index (χ3n) is 4.61. The van der Waals surface area contributed by atoms with Gasteiger partial charge in [-0.1, -0.05) is 41.4 Å². The maximum Gasteiger partial charge on any atom is 0.269 e. The van der Waals surface area contributed by atoms with Gasteiger partial charge < -0.3 is 15.4 Å². The van der Waals surface area contributed by atoms with Crippen LogP contribution in [-0.4, -0.2) is 30.6 Å². The van der Waals surface area contributed by atoms with Crippen LogP contribution in [-0.2, 0) is 17.8 Å². The molecule has 1 aliphatic rings. The van der Waals surface area contributed by atoms with E-state index in [0.717, 1.165) is 37.3 Å². The molecule has 1 unspecified atom stereocenters. The third kappa shape index (κ3) is 7.57. The molecule has 1 saturated heterocycles. The van der Waals surface area contributed by atoms with Gasteiger partial charge in [-0.15, -0.1) is 24.0 Å². The van der Waals surface area contributed by atoms with Gasteiger partial charge >= 0.3 is 0 Å². The summed E-state index contributed by atoms with van der Waals surface area (Å²) >= 11 is 12.2. The van der Waals surface area contributed by atoms with Crippen molar-refractivity contribution in [2.24, 2.45) is 10.9 Å². The molecule has 10 heteroatoms. The molecule has 0 saturated carbocycles. The summed E-state index contributed by atoms with van der Waals surface area (Å²) in [5.74, 6) is 1.08. The van der Waals surface area contributed by atoms with Crippen LogP contribution in [0.25, 0.3) is 0 Å². The smallest absolute Gasteiger partial charge is 0.269 e. The van der Waals surface area contributed by atoms with E-state index in [1.165, 1.54) is 12.1 Å². The molecule has 0 bridgehead atoms. The highest BCUT2D eigenvalue weighted by Gasteiger charge is 2.16. The second-order valence-corrected chi connectivity index (χ2v) is 7.63. The molecule has 1 heterocycles. The predicted molar refractivity (Wildman–Crippen MR) is 130 cm³/mol. The molecule has 7 nitrogen and oxygen atoms in total. The van der Waals surface area contributed by atoms with Gasteiger partial charge in [0.15, 0.2) is 5.96 Å². The van der Waals surface area contributed by atoms with Crippen LogP contribution in [0, 0.1) is 16.0 Å². The van der Waals surface area contributed by atoms with E-state index in [-0.39, 0.29) is 29.7 Å². The van der Waals surface area contributed by atoms with Crippen LogP contribution < -0.4 is 10.6 Å². The van der Waals surface area contributed by atoms with Crippen molar-refractivity contribution < 1.29 is 9.66 Å². The molecule has 162 valence electrons. The molecule has 0 aliphatic carbocycles. The molecule has 1 atom stereocenters. The number of rotatable bonds is 7. The van der Waals surface area contributed by atoms with E-state index in [2.05, 4.69) is 15.6 Å². The van der Waals surface area contributed by atoms with Crippen molar-refractivity contribution in [3.63, 3.8) is 0 Å². The average molecular weight is 565 g/mol. The van der Waals surface area contributed by atoms with Crippen LogP contribution in [0.5, 0.6) is 0 Å². The molecular weight excluding hydrogens is 542 g/mol. The Balaban J connectivity index is 0.00000320. The highest BCUT2D eigenvalue weighted by Crippen LogP contribution is 2.20. The van der Waals surface area contributed by atoms with Crippen molar-refractivity contribution in [1.29, 1.82) is 0 Å². The molecule has 0 aromatic heterocycles. The SMILES string of the molecule is I.O=[N+]([O-])c1ccc(CN=C(NCc2ccc(Cl)cc2Cl)NCC2CCOC2)cc1. The summed E-state index contributed by atoms with van der Waals surface area (Å²) in [5, 5.41) is 18.6. The van der Waals surface area contributed by atoms with Gasteiger partial charge in [0.05, 0.1) is 18.1 Å². The third-order valence-corrected chi connectivity index (χ3v) is 5.20. The van der Waals surface area contributed by atoms with Crippen molar-refractivity contribution >= 4 is 58.8 Å². The van der Waals surface area contributed by atoms with Crippen LogP contribution >= 0.6 is 47.2 Å². The summed E-state index contributed by atoms with van der Waals surface area (Å²) in [7, 11) is 0. The number of nitrogens with zero attached hydrogens (tertiary/aromatic N) is 2. The fraction of sp³-hybridized carbons (Fsp3) is 0.350. The molecule has 0 spiro atoms. The number of ether oxygens (including phenoxy) is 1. The first kappa shape index (κ1) is 24.6. The Hall–Kier alpha value is -1.62. The number of hydrogen-bond donors (Lipinski definition) is 2. The van der Waals surface area contributed by atoms with Gasteiger partial charge in [-0.05, 0) is 29.7 Å². The topological polar surface area (TPSA) is 88.8 Å². The summed E-state index contributed by atoms with van der Waals surface area (Å²) in [6, 6.07) is 11.7. The van der Waals surface area contributed by atoms with E-state index in [4.69, 9.17) is 27.9 Å². The number of halogens is 3. The van der Waals surface area contributed by atoms with Gasteiger partial charge in [-0.2, -0.15) is 0 Å². The van der Waals surface area contributed by atoms with E-state index in [0.29, 0.717) is 35.0 Å². The summed E-state index contributed by atoms with van der Waals surface area (Å²) in [6.45, 7) is 3.16. The molecule has 0 amide bonds. The lowest BCUT2D eigenvalue weighted by atomic mass is 10.1. The van der Waals surface area contributed by atoms with E-state index in [1.54, 1.807) is 24.3 Å². The number of nitro benzene ring substituents is 1. The number of guanidine groups is 1. The monoisotopic (exact) mass is 564 g/mol. The zero-order chi connectivity index (χ0) is 20.6. The molecule has 3 rings (SSSR count). The van der Waals surface area contributed by atoms with Crippen LogP contribution in [0.4, 0.5) is 5.69 Å². The number of nitro groups is 1. The van der Waals surface area contributed by atoms with E-state index < -0.39 is 4.92 Å². The minimum absolute atomic E-state index is 0. The number of aliphatic imine (C=N–C) groups is 1. The van der Waals surface area contributed by atoms with Crippen LogP contribution in [0.15, 0.2) is 47.5 Å². The molecule has 2 N–H and O–H groups in total. The van der Waals surface area contributed by atoms with E-state index >= 15 is 0 Å². The van der Waals surface area contributed by atoms with Gasteiger partial charge in [0.25, 0.3) is 5.69 Å². The van der Waals surface area contributed by atoms with Crippen molar-refractivity contribution in [2.75, 3.05) is 19.8 Å². The summed E-state index contributed by atoms with van der Waals surface area (Å²) in [5.41, 5.74) is 1.85. The van der Waals surface area contributed by atoms with Crippen LogP contribution in [0.2, 0.25) is 10.0 Å². The largest absolute Gasteiger partial charge is 0.381 e. The van der Waals surface area contributed by atoms with Gasteiger partial charge in [0, 0.05) is 47.8 Å². The number of hydrogen-bond acceptors (Lipinski definition) is 4. The Kier molecular flexibility index (Phi) is 10.1. The first-order chi connectivity index (χ1) is 14.0. The Morgan fingerprint density at radius 2 is 1.97 bits per heavy atom. The average Bonchev–Trinajstić information content (AvgIpc) is 3.22. The van der Waals surface area contributed by atoms with Gasteiger partial charge in [-0.25, -0.2) is 4.99 Å². The zero-order valence-electron chi connectivity index (χ0n) is 16.1. The Labute approximate surface area is 202 Å². The van der Waals surface area contributed by atoms with Crippen molar-refractivity contribution in [2.45, 2.75) is 19.5 Å². The second-order valence-electron chi connectivity index (χ2n) is 6.79. The number of non-ortho nitro benzene ring substituents is 1. The Morgan fingerprint density at radius 3 is 2.60 bits per heavy atom. The highest BCUT2D eigenvalue weighted by molar-refractivity contribution is 14.0. The standard InChI is InChI=1S/C20H22Cl2N4O3.HI/c21-17-4-3-16(19(22)9-17)12-25-20(24-11-15-7-8-29-13-15)23-10-14-1-5-18(6-2-14)26(27)28;/h1-6,9,15H,7-8,10-13H2,(H2,23,24,25);1H. The second kappa shape index (κ2) is 12.3. The minimum Gasteiger partial charge on any atom is -0.381 e. The molecule has 2 aromatic carbocycles. The van der Waals surface area contributed by atoms with Crippen LogP contribution in [0.3, 0.4) is 0 Å². The quantitative estimate of drug-likeness (QED) is 0.166. The fourth-order valence-electron chi connectivity index (χ4n) is 2.90. The van der Waals surface area contributed by atoms with Gasteiger partial charge in [0.2, 0.25) is 0 Å². The first-order valence-corrected chi connectivity index (χ1v) is 10.0. The summed E-state index contributed by atoms with van der Waals surface area (Å²) in [6.07, 6.45) is 1.02. The minimum atomic E-state index is -0.416. The highest BCUT2D eigenvalue weighted by atomic mass is 127. The number of benzene rings is 2. The maximum absolute atomic E-state index is 10.8.